The van der Waals surface area contributed by atoms with E-state index in [1.54, 1.807) is 0 Å². The zero-order valence-electron chi connectivity index (χ0n) is 10.6. The van der Waals surface area contributed by atoms with Gasteiger partial charge in [0.05, 0.1) is 6.04 Å². The molecule has 7 heteroatoms. The molecule has 0 aliphatic rings. The molecule has 0 fully saturated rings. The third-order valence-corrected chi connectivity index (χ3v) is 2.28. The number of carbonyl (C=O) groups is 1. The van der Waals surface area contributed by atoms with Crippen LogP contribution in [0.2, 0.25) is 0 Å². The molecule has 4 nitrogen and oxygen atoms in total. The highest BCUT2D eigenvalue weighted by Crippen LogP contribution is 2.20. The normalized spacial score (nSPS) is 13.6. The first kappa shape index (κ1) is 17.2. The first-order chi connectivity index (χ1) is 8.37. The van der Waals surface area contributed by atoms with Crippen LogP contribution in [0.15, 0.2) is 0 Å². The van der Waals surface area contributed by atoms with Crippen molar-refractivity contribution >= 4 is 5.91 Å². The van der Waals surface area contributed by atoms with Crippen molar-refractivity contribution in [1.82, 2.24) is 5.32 Å². The lowest BCUT2D eigenvalue weighted by Gasteiger charge is -2.14. The molecule has 0 aliphatic heterocycles. The fourth-order valence-electron chi connectivity index (χ4n) is 1.34. The molecular formula is C11H21F3N2O2. The minimum absolute atomic E-state index is 0.0404. The molecule has 0 aromatic carbocycles. The molecule has 0 aliphatic carbocycles. The zero-order chi connectivity index (χ0) is 14.0. The first-order valence-electron chi connectivity index (χ1n) is 6.04. The highest BCUT2D eigenvalue weighted by atomic mass is 19.4. The Balaban J connectivity index is 3.58. The summed E-state index contributed by atoms with van der Waals surface area (Å²) in [6, 6.07) is -0.479. The molecule has 1 unspecified atom stereocenters. The Morgan fingerprint density at radius 1 is 1.39 bits per heavy atom. The van der Waals surface area contributed by atoms with Crippen molar-refractivity contribution in [1.29, 1.82) is 0 Å². The lowest BCUT2D eigenvalue weighted by molar-refractivity contribution is -0.137. The van der Waals surface area contributed by atoms with Crippen LogP contribution in [0.3, 0.4) is 0 Å². The van der Waals surface area contributed by atoms with E-state index in [1.807, 2.05) is 6.92 Å². The second-order valence-corrected chi connectivity index (χ2v) is 4.03. The van der Waals surface area contributed by atoms with Crippen molar-refractivity contribution in [2.45, 2.75) is 44.8 Å². The number of amides is 1. The highest BCUT2D eigenvalue weighted by Gasteiger charge is 2.25. The maximum atomic E-state index is 11.8. The van der Waals surface area contributed by atoms with Crippen LogP contribution < -0.4 is 11.1 Å². The van der Waals surface area contributed by atoms with E-state index in [2.05, 4.69) is 5.32 Å². The SMILES string of the molecule is CCCNC(CCOCCCC(F)(F)F)C(N)=O. The maximum absolute atomic E-state index is 11.8. The smallest absolute Gasteiger partial charge is 0.381 e. The number of primary amides is 1. The van der Waals surface area contributed by atoms with E-state index < -0.39 is 24.5 Å². The molecule has 108 valence electrons. The van der Waals surface area contributed by atoms with Crippen LogP contribution in [-0.2, 0) is 9.53 Å². The minimum Gasteiger partial charge on any atom is -0.381 e. The van der Waals surface area contributed by atoms with Crippen molar-refractivity contribution in [3.63, 3.8) is 0 Å². The lowest BCUT2D eigenvalue weighted by atomic mass is 10.2. The number of nitrogens with two attached hydrogens (primary N) is 1. The number of rotatable bonds is 10. The third-order valence-electron chi connectivity index (χ3n) is 2.28. The predicted molar refractivity (Wildman–Crippen MR) is 62.0 cm³/mol. The molecule has 3 N–H and O–H groups in total. The van der Waals surface area contributed by atoms with Gasteiger partial charge >= 0.3 is 6.18 Å². The van der Waals surface area contributed by atoms with E-state index in [0.29, 0.717) is 13.0 Å². The summed E-state index contributed by atoms with van der Waals surface area (Å²) in [5, 5.41) is 2.95. The van der Waals surface area contributed by atoms with E-state index in [4.69, 9.17) is 10.5 Å². The fourth-order valence-corrected chi connectivity index (χ4v) is 1.34. The second-order valence-electron chi connectivity index (χ2n) is 4.03. The molecule has 0 saturated carbocycles. The Bertz CT molecular complexity index is 235. The molecule has 0 radical (unpaired) electrons. The summed E-state index contributed by atoms with van der Waals surface area (Å²) in [5.41, 5.74) is 5.17. The molecule has 1 amide bonds. The number of hydrogen-bond donors (Lipinski definition) is 2. The lowest BCUT2D eigenvalue weighted by Crippen LogP contribution is -2.42. The van der Waals surface area contributed by atoms with Crippen molar-refractivity contribution in [2.75, 3.05) is 19.8 Å². The monoisotopic (exact) mass is 270 g/mol. The fraction of sp³-hybridized carbons (Fsp3) is 0.909. The van der Waals surface area contributed by atoms with Gasteiger partial charge in [0.15, 0.2) is 0 Å². The Labute approximate surface area is 105 Å². The van der Waals surface area contributed by atoms with Crippen molar-refractivity contribution in [2.24, 2.45) is 5.73 Å². The van der Waals surface area contributed by atoms with Gasteiger partial charge in [-0.1, -0.05) is 6.92 Å². The molecule has 0 rings (SSSR count). The third kappa shape index (κ3) is 10.3. The van der Waals surface area contributed by atoms with Crippen molar-refractivity contribution < 1.29 is 22.7 Å². The van der Waals surface area contributed by atoms with Gasteiger partial charge in [-0.25, -0.2) is 0 Å². The summed E-state index contributed by atoms with van der Waals surface area (Å²) in [6.45, 7) is 2.89. The second kappa shape index (κ2) is 9.16. The summed E-state index contributed by atoms with van der Waals surface area (Å²) >= 11 is 0. The van der Waals surface area contributed by atoms with E-state index in [0.717, 1.165) is 6.42 Å². The molecule has 0 heterocycles. The number of hydrogen-bond acceptors (Lipinski definition) is 3. The van der Waals surface area contributed by atoms with Crippen LogP contribution in [0.25, 0.3) is 0 Å². The molecule has 1 atom stereocenters. The molecule has 0 saturated heterocycles. The van der Waals surface area contributed by atoms with Crippen LogP contribution >= 0.6 is 0 Å². The van der Waals surface area contributed by atoms with Gasteiger partial charge in [-0.2, -0.15) is 13.2 Å². The van der Waals surface area contributed by atoms with E-state index in [9.17, 15) is 18.0 Å². The molecular weight excluding hydrogens is 249 g/mol. The average Bonchev–Trinajstić information content (AvgIpc) is 2.25. The molecule has 0 aromatic heterocycles. The van der Waals surface area contributed by atoms with Gasteiger partial charge in [-0.15, -0.1) is 0 Å². The van der Waals surface area contributed by atoms with Crippen LogP contribution in [-0.4, -0.2) is 37.9 Å². The minimum atomic E-state index is -4.14. The van der Waals surface area contributed by atoms with Gasteiger partial charge in [-0.05, 0) is 25.8 Å². The zero-order valence-corrected chi connectivity index (χ0v) is 10.6. The Morgan fingerprint density at radius 2 is 2.06 bits per heavy atom. The average molecular weight is 270 g/mol. The van der Waals surface area contributed by atoms with Gasteiger partial charge in [0.1, 0.15) is 0 Å². The molecule has 0 bridgehead atoms. The maximum Gasteiger partial charge on any atom is 0.389 e. The number of carbonyl (C=O) groups excluding carboxylic acids is 1. The van der Waals surface area contributed by atoms with Crippen molar-refractivity contribution in [3.05, 3.63) is 0 Å². The van der Waals surface area contributed by atoms with Gasteiger partial charge in [0, 0.05) is 19.6 Å². The summed E-state index contributed by atoms with van der Waals surface area (Å²) in [6.07, 6.45) is -3.80. The summed E-state index contributed by atoms with van der Waals surface area (Å²) < 4.78 is 40.5. The number of ether oxygens (including phenoxy) is 1. The molecule has 0 spiro atoms. The number of nitrogens with one attached hydrogen (secondary N) is 1. The Kier molecular flexibility index (Phi) is 8.74. The van der Waals surface area contributed by atoms with Crippen LogP contribution in [0.4, 0.5) is 13.2 Å². The first-order valence-corrected chi connectivity index (χ1v) is 6.04. The quantitative estimate of drug-likeness (QED) is 0.592. The van der Waals surface area contributed by atoms with Gasteiger partial charge in [0.2, 0.25) is 5.91 Å². The largest absolute Gasteiger partial charge is 0.389 e. The van der Waals surface area contributed by atoms with Crippen LogP contribution in [0.5, 0.6) is 0 Å². The van der Waals surface area contributed by atoms with Gasteiger partial charge < -0.3 is 15.8 Å². The van der Waals surface area contributed by atoms with E-state index in [1.165, 1.54) is 0 Å². The Morgan fingerprint density at radius 3 is 2.56 bits per heavy atom. The van der Waals surface area contributed by atoms with Crippen LogP contribution in [0.1, 0.15) is 32.6 Å². The van der Waals surface area contributed by atoms with Crippen molar-refractivity contribution in [3.8, 4) is 0 Å². The van der Waals surface area contributed by atoms with E-state index >= 15 is 0 Å². The summed E-state index contributed by atoms with van der Waals surface area (Å²) in [5.74, 6) is -0.470. The topological polar surface area (TPSA) is 64.3 Å². The van der Waals surface area contributed by atoms with E-state index in [-0.39, 0.29) is 19.6 Å². The number of halogens is 3. The highest BCUT2D eigenvalue weighted by molar-refractivity contribution is 5.79. The number of alkyl halides is 3. The van der Waals surface area contributed by atoms with Gasteiger partial charge in [0.25, 0.3) is 0 Å². The van der Waals surface area contributed by atoms with Crippen LogP contribution in [0, 0.1) is 0 Å². The van der Waals surface area contributed by atoms with Gasteiger partial charge in [-0.3, -0.25) is 4.79 Å². The standard InChI is InChI=1S/C11H21F3N2O2/c1-2-6-16-9(10(15)17)4-8-18-7-3-5-11(12,13)14/h9,16H,2-8H2,1H3,(H2,15,17). The summed E-state index contributed by atoms with van der Waals surface area (Å²) in [4.78, 5) is 11.0. The Hall–Kier alpha value is -0.820. The molecule has 0 aromatic rings. The predicted octanol–water partition coefficient (Wildman–Crippen LogP) is 1.59. The molecule has 18 heavy (non-hydrogen) atoms. The summed E-state index contributed by atoms with van der Waals surface area (Å²) in [7, 11) is 0.